The van der Waals surface area contributed by atoms with Gasteiger partial charge in [0.25, 0.3) is 0 Å². The molecular formula is C14H14ClNO5S. The van der Waals surface area contributed by atoms with Crippen LogP contribution in [0.1, 0.15) is 27.4 Å². The van der Waals surface area contributed by atoms with Crippen molar-refractivity contribution in [2.24, 2.45) is 0 Å². The number of sulfonamides is 1. The lowest BCUT2D eigenvalue weighted by Crippen LogP contribution is -2.23. The summed E-state index contributed by atoms with van der Waals surface area (Å²) in [7, 11) is -3.82. The lowest BCUT2D eigenvalue weighted by molar-refractivity contribution is 0.0695. The first-order valence-electron chi connectivity index (χ1n) is 6.29. The Morgan fingerprint density at radius 3 is 2.59 bits per heavy atom. The molecule has 1 aromatic heterocycles. The smallest absolute Gasteiger partial charge is 0.339 e. The number of aromatic carboxylic acids is 1. The predicted octanol–water partition coefficient (Wildman–Crippen LogP) is 2.73. The van der Waals surface area contributed by atoms with E-state index in [9.17, 15) is 13.2 Å². The second-order valence-electron chi connectivity index (χ2n) is 4.75. The van der Waals surface area contributed by atoms with Crippen LogP contribution in [-0.4, -0.2) is 19.5 Å². The zero-order chi connectivity index (χ0) is 16.5. The number of furan rings is 1. The minimum Gasteiger partial charge on any atom is -0.478 e. The van der Waals surface area contributed by atoms with Crippen LogP contribution in [0.2, 0.25) is 5.02 Å². The van der Waals surface area contributed by atoms with Crippen molar-refractivity contribution < 1.29 is 22.7 Å². The number of benzene rings is 1. The Balaban J connectivity index is 2.21. The normalized spacial score (nSPS) is 11.6. The maximum atomic E-state index is 12.3. The molecular weight excluding hydrogens is 330 g/mol. The van der Waals surface area contributed by atoms with Crippen LogP contribution < -0.4 is 4.72 Å². The zero-order valence-electron chi connectivity index (χ0n) is 11.9. The maximum absolute atomic E-state index is 12.3. The van der Waals surface area contributed by atoms with Crippen molar-refractivity contribution in [2.45, 2.75) is 25.3 Å². The number of halogens is 1. The van der Waals surface area contributed by atoms with Crippen LogP contribution in [0.3, 0.4) is 0 Å². The van der Waals surface area contributed by atoms with Gasteiger partial charge in [-0.05, 0) is 37.6 Å². The molecule has 0 radical (unpaired) electrons. The van der Waals surface area contributed by atoms with Gasteiger partial charge in [-0.25, -0.2) is 17.9 Å². The molecule has 0 bridgehead atoms. The molecule has 0 saturated heterocycles. The lowest BCUT2D eigenvalue weighted by Gasteiger charge is -2.08. The molecule has 6 nitrogen and oxygen atoms in total. The summed E-state index contributed by atoms with van der Waals surface area (Å²) in [4.78, 5) is 10.9. The number of hydrogen-bond acceptors (Lipinski definition) is 4. The first-order valence-corrected chi connectivity index (χ1v) is 8.15. The third-order valence-corrected chi connectivity index (χ3v) is 4.89. The minimum atomic E-state index is -3.82. The molecule has 0 aliphatic heterocycles. The number of hydrogen-bond donors (Lipinski definition) is 2. The molecule has 0 atom stereocenters. The summed E-state index contributed by atoms with van der Waals surface area (Å²) in [6.45, 7) is 3.09. The van der Waals surface area contributed by atoms with Crippen molar-refractivity contribution in [3.8, 4) is 0 Å². The Morgan fingerprint density at radius 1 is 1.32 bits per heavy atom. The van der Waals surface area contributed by atoms with Gasteiger partial charge < -0.3 is 9.52 Å². The van der Waals surface area contributed by atoms with Crippen LogP contribution in [0, 0.1) is 13.8 Å². The average Bonchev–Trinajstić information content (AvgIpc) is 2.81. The quantitative estimate of drug-likeness (QED) is 0.870. The van der Waals surface area contributed by atoms with Crippen molar-refractivity contribution in [3.63, 3.8) is 0 Å². The van der Waals surface area contributed by atoms with E-state index in [1.165, 1.54) is 25.1 Å². The SMILES string of the molecule is Cc1ccc(Cl)c(S(=O)(=O)NCc2cc(C(=O)O)c(C)o2)c1. The second kappa shape index (κ2) is 6.12. The summed E-state index contributed by atoms with van der Waals surface area (Å²) in [6.07, 6.45) is 0. The monoisotopic (exact) mass is 343 g/mol. The molecule has 0 unspecified atom stereocenters. The van der Waals surface area contributed by atoms with Crippen molar-refractivity contribution >= 4 is 27.6 Å². The predicted molar refractivity (Wildman–Crippen MR) is 80.6 cm³/mol. The highest BCUT2D eigenvalue weighted by atomic mass is 35.5. The number of rotatable bonds is 5. The average molecular weight is 344 g/mol. The van der Waals surface area contributed by atoms with Crippen molar-refractivity contribution in [3.05, 3.63) is 51.9 Å². The molecule has 0 spiro atoms. The van der Waals surface area contributed by atoms with Gasteiger partial charge in [0, 0.05) is 0 Å². The van der Waals surface area contributed by atoms with Gasteiger partial charge in [-0.1, -0.05) is 17.7 Å². The summed E-state index contributed by atoms with van der Waals surface area (Å²) < 4.78 is 32.1. The number of nitrogens with one attached hydrogen (secondary N) is 1. The molecule has 0 fully saturated rings. The van der Waals surface area contributed by atoms with Gasteiger partial charge in [-0.15, -0.1) is 0 Å². The fraction of sp³-hybridized carbons (Fsp3) is 0.214. The van der Waals surface area contributed by atoms with Crippen molar-refractivity contribution in [2.75, 3.05) is 0 Å². The number of carbonyl (C=O) groups is 1. The van der Waals surface area contributed by atoms with Crippen molar-refractivity contribution in [1.82, 2.24) is 4.72 Å². The van der Waals surface area contributed by atoms with Gasteiger partial charge in [0.15, 0.2) is 0 Å². The van der Waals surface area contributed by atoms with Crippen LogP contribution >= 0.6 is 11.6 Å². The lowest BCUT2D eigenvalue weighted by atomic mass is 10.2. The third-order valence-electron chi connectivity index (χ3n) is 3.01. The highest BCUT2D eigenvalue weighted by molar-refractivity contribution is 7.89. The van der Waals surface area contributed by atoms with Crippen molar-refractivity contribution in [1.29, 1.82) is 0 Å². The molecule has 2 N–H and O–H groups in total. The first kappa shape index (κ1) is 16.5. The summed E-state index contributed by atoms with van der Waals surface area (Å²) in [6, 6.07) is 5.96. The Kier molecular flexibility index (Phi) is 4.60. The molecule has 0 aliphatic carbocycles. The highest BCUT2D eigenvalue weighted by Crippen LogP contribution is 2.23. The van der Waals surface area contributed by atoms with Crippen LogP contribution in [0.4, 0.5) is 0 Å². The third kappa shape index (κ3) is 3.49. The molecule has 2 rings (SSSR count). The Labute approximate surface area is 132 Å². The van der Waals surface area contributed by atoms with E-state index in [1.54, 1.807) is 13.0 Å². The van der Waals surface area contributed by atoms with Crippen LogP contribution in [0.25, 0.3) is 0 Å². The molecule has 22 heavy (non-hydrogen) atoms. The molecule has 2 aromatic rings. The standard InChI is InChI=1S/C14H14ClNO5S/c1-8-3-4-12(15)13(5-8)22(19,20)16-7-10-6-11(14(17)18)9(2)21-10/h3-6,16H,7H2,1-2H3,(H,17,18). The van der Waals surface area contributed by atoms with E-state index in [4.69, 9.17) is 21.1 Å². The fourth-order valence-electron chi connectivity index (χ4n) is 1.90. The largest absolute Gasteiger partial charge is 0.478 e. The molecule has 0 aliphatic rings. The summed E-state index contributed by atoms with van der Waals surface area (Å²) in [5.74, 6) is -0.699. The first-order chi connectivity index (χ1) is 10.2. The molecule has 1 heterocycles. The van der Waals surface area contributed by atoms with Gasteiger partial charge in [0.2, 0.25) is 10.0 Å². The van der Waals surface area contributed by atoms with Gasteiger partial charge in [-0.2, -0.15) is 0 Å². The van der Waals surface area contributed by atoms with E-state index in [1.807, 2.05) is 0 Å². The Bertz CT molecular complexity index is 826. The van der Waals surface area contributed by atoms with E-state index < -0.39 is 16.0 Å². The van der Waals surface area contributed by atoms with E-state index in [-0.39, 0.29) is 33.5 Å². The van der Waals surface area contributed by atoms with Gasteiger partial charge >= 0.3 is 5.97 Å². The molecule has 1 aromatic carbocycles. The van der Waals surface area contributed by atoms with Gasteiger partial charge in [-0.3, -0.25) is 0 Å². The number of carboxylic acid groups (broad SMARTS) is 1. The Morgan fingerprint density at radius 2 is 2.00 bits per heavy atom. The molecule has 0 amide bonds. The molecule has 0 saturated carbocycles. The second-order valence-corrected chi connectivity index (χ2v) is 6.89. The number of carboxylic acids is 1. The number of aryl methyl sites for hydroxylation is 2. The highest BCUT2D eigenvalue weighted by Gasteiger charge is 2.20. The maximum Gasteiger partial charge on any atom is 0.339 e. The van der Waals surface area contributed by atoms with Crippen LogP contribution in [0.5, 0.6) is 0 Å². The topological polar surface area (TPSA) is 96.6 Å². The van der Waals surface area contributed by atoms with E-state index in [2.05, 4.69) is 4.72 Å². The summed E-state index contributed by atoms with van der Waals surface area (Å²) >= 11 is 5.91. The van der Waals surface area contributed by atoms with Gasteiger partial charge in [0.05, 0.1) is 11.6 Å². The van der Waals surface area contributed by atoms with E-state index >= 15 is 0 Å². The van der Waals surface area contributed by atoms with E-state index in [0.717, 1.165) is 5.56 Å². The summed E-state index contributed by atoms with van der Waals surface area (Å²) in [5, 5.41) is 9.05. The molecule has 118 valence electrons. The summed E-state index contributed by atoms with van der Waals surface area (Å²) in [5.41, 5.74) is 0.759. The minimum absolute atomic E-state index is 0.00258. The van der Waals surface area contributed by atoms with E-state index in [0.29, 0.717) is 0 Å². The fourth-order valence-corrected chi connectivity index (χ4v) is 3.48. The van der Waals surface area contributed by atoms with Crippen LogP contribution in [-0.2, 0) is 16.6 Å². The zero-order valence-corrected chi connectivity index (χ0v) is 13.5. The molecule has 8 heteroatoms. The van der Waals surface area contributed by atoms with Crippen LogP contribution in [0.15, 0.2) is 33.6 Å². The van der Waals surface area contributed by atoms with Gasteiger partial charge in [0.1, 0.15) is 22.0 Å². The Hall–Kier alpha value is -1.83.